The number of benzene rings is 1. The van der Waals surface area contributed by atoms with Gasteiger partial charge < -0.3 is 4.74 Å². The SMILES string of the molecule is O=C(OCCC1CCCCC1)c1c(Cl)cc(SOOO)cc1[N+](=O)[O-]. The molecule has 25 heavy (non-hydrogen) atoms. The van der Waals surface area contributed by atoms with Gasteiger partial charge in [-0.25, -0.2) is 10.1 Å². The van der Waals surface area contributed by atoms with Gasteiger partial charge in [0, 0.05) is 11.0 Å². The van der Waals surface area contributed by atoms with Crippen LogP contribution in [0.3, 0.4) is 0 Å². The zero-order valence-electron chi connectivity index (χ0n) is 13.3. The highest BCUT2D eigenvalue weighted by Crippen LogP contribution is 2.34. The van der Waals surface area contributed by atoms with Crippen LogP contribution in [0, 0.1) is 16.0 Å². The number of nitrogens with zero attached hydrogens (tertiary/aromatic N) is 1. The van der Waals surface area contributed by atoms with Crippen molar-refractivity contribution >= 4 is 35.3 Å². The Morgan fingerprint density at radius 1 is 1.36 bits per heavy atom. The molecule has 0 saturated heterocycles. The average molecular weight is 392 g/mol. The Bertz CT molecular complexity index is 622. The van der Waals surface area contributed by atoms with E-state index in [0.29, 0.717) is 18.0 Å². The van der Waals surface area contributed by atoms with Crippen molar-refractivity contribution < 1.29 is 29.1 Å². The third-order valence-corrected chi connectivity index (χ3v) is 4.94. The number of nitro benzene ring substituents is 1. The fourth-order valence-corrected chi connectivity index (χ4v) is 3.67. The lowest BCUT2D eigenvalue weighted by Crippen LogP contribution is -2.14. The van der Waals surface area contributed by atoms with Crippen LogP contribution in [-0.2, 0) is 14.1 Å². The number of hydrogen-bond acceptors (Lipinski definition) is 8. The van der Waals surface area contributed by atoms with Gasteiger partial charge in [0.1, 0.15) is 0 Å². The zero-order chi connectivity index (χ0) is 18.2. The number of carbonyl (C=O) groups is 1. The van der Waals surface area contributed by atoms with Gasteiger partial charge in [-0.1, -0.05) is 48.7 Å². The number of ether oxygens (including phenoxy) is 1. The molecule has 138 valence electrons. The van der Waals surface area contributed by atoms with Crippen LogP contribution in [0.25, 0.3) is 0 Å². The summed E-state index contributed by atoms with van der Waals surface area (Å²) in [7, 11) is 0. The van der Waals surface area contributed by atoms with Crippen molar-refractivity contribution in [3.05, 3.63) is 32.8 Å². The first kappa shape index (κ1) is 19.9. The molecule has 10 heteroatoms. The van der Waals surface area contributed by atoms with Gasteiger partial charge in [0.2, 0.25) is 0 Å². The van der Waals surface area contributed by atoms with Crippen LogP contribution >= 0.6 is 23.6 Å². The number of carbonyl (C=O) groups excluding carboxylic acids is 1. The Balaban J connectivity index is 2.05. The average Bonchev–Trinajstić information content (AvgIpc) is 2.60. The molecular weight excluding hydrogens is 374 g/mol. The van der Waals surface area contributed by atoms with Crippen molar-refractivity contribution in [2.24, 2.45) is 5.92 Å². The molecule has 1 saturated carbocycles. The standard InChI is InChI=1S/C15H18ClNO7S/c16-12-8-11(25-24-23-21)9-13(17(19)20)14(12)15(18)22-7-6-10-4-2-1-3-5-10/h8-10,21H,1-7H2. The minimum absolute atomic E-state index is 0.138. The van der Waals surface area contributed by atoms with Gasteiger partial charge in [-0.15, -0.1) is 4.33 Å². The lowest BCUT2D eigenvalue weighted by atomic mass is 9.87. The molecule has 0 unspecified atom stereocenters. The Hall–Kier alpha value is -1.39. The van der Waals surface area contributed by atoms with E-state index in [-0.39, 0.29) is 22.1 Å². The topological polar surface area (TPSA) is 108 Å². The summed E-state index contributed by atoms with van der Waals surface area (Å²) in [6.45, 7) is 0.203. The van der Waals surface area contributed by atoms with E-state index in [2.05, 4.69) is 9.37 Å². The highest BCUT2D eigenvalue weighted by molar-refractivity contribution is 7.94. The molecule has 1 aliphatic carbocycles. The van der Waals surface area contributed by atoms with Gasteiger partial charge in [-0.3, -0.25) is 10.1 Å². The molecule has 0 aliphatic heterocycles. The molecule has 2 rings (SSSR count). The summed E-state index contributed by atoms with van der Waals surface area (Å²) in [5, 5.41) is 22.7. The molecule has 0 aromatic heterocycles. The Labute approximate surface area is 153 Å². The fourth-order valence-electron chi connectivity index (χ4n) is 2.88. The van der Waals surface area contributed by atoms with Gasteiger partial charge in [-0.2, -0.15) is 0 Å². The summed E-state index contributed by atoms with van der Waals surface area (Å²) in [6, 6.07) is 2.38. The van der Waals surface area contributed by atoms with Gasteiger partial charge >= 0.3 is 5.97 Å². The maximum absolute atomic E-state index is 12.2. The summed E-state index contributed by atoms with van der Waals surface area (Å²) in [4.78, 5) is 22.9. The van der Waals surface area contributed by atoms with E-state index in [1.54, 1.807) is 0 Å². The largest absolute Gasteiger partial charge is 0.462 e. The van der Waals surface area contributed by atoms with Gasteiger partial charge in [0.05, 0.1) is 28.6 Å². The van der Waals surface area contributed by atoms with Crippen LogP contribution in [0.4, 0.5) is 5.69 Å². The van der Waals surface area contributed by atoms with Crippen LogP contribution in [0.5, 0.6) is 0 Å². The minimum atomic E-state index is -0.830. The fraction of sp³-hybridized carbons (Fsp3) is 0.533. The first-order valence-electron chi connectivity index (χ1n) is 7.82. The summed E-state index contributed by atoms with van der Waals surface area (Å²) in [5.41, 5.74) is -0.802. The summed E-state index contributed by atoms with van der Waals surface area (Å²) >= 11 is 6.51. The van der Waals surface area contributed by atoms with Crippen molar-refractivity contribution in [3.63, 3.8) is 0 Å². The Morgan fingerprint density at radius 3 is 2.72 bits per heavy atom. The van der Waals surface area contributed by atoms with E-state index in [4.69, 9.17) is 21.6 Å². The van der Waals surface area contributed by atoms with Gasteiger partial charge in [0.15, 0.2) is 5.56 Å². The van der Waals surface area contributed by atoms with Crippen molar-refractivity contribution in [1.29, 1.82) is 0 Å². The van der Waals surface area contributed by atoms with E-state index in [1.807, 2.05) is 0 Å². The monoisotopic (exact) mass is 391 g/mol. The Kier molecular flexibility index (Phi) is 7.91. The smallest absolute Gasteiger partial charge is 0.346 e. The number of esters is 1. The molecule has 1 aromatic carbocycles. The molecule has 0 bridgehead atoms. The van der Waals surface area contributed by atoms with E-state index in [9.17, 15) is 14.9 Å². The first-order valence-corrected chi connectivity index (χ1v) is 8.94. The number of hydrogen-bond donors (Lipinski definition) is 1. The third kappa shape index (κ3) is 5.82. The normalized spacial score (nSPS) is 15.1. The predicted octanol–water partition coefficient (Wildman–Crippen LogP) is 4.80. The first-order chi connectivity index (χ1) is 12.0. The molecule has 1 fully saturated rings. The maximum Gasteiger partial charge on any atom is 0.346 e. The number of nitro groups is 1. The quantitative estimate of drug-likeness (QED) is 0.221. The molecule has 8 nitrogen and oxygen atoms in total. The molecule has 0 amide bonds. The molecule has 1 aromatic rings. The molecule has 0 spiro atoms. The van der Waals surface area contributed by atoms with Crippen molar-refractivity contribution in [2.45, 2.75) is 43.4 Å². The number of halogens is 1. The second-order valence-corrected chi connectivity index (χ2v) is 6.89. The van der Waals surface area contributed by atoms with E-state index < -0.39 is 16.6 Å². The van der Waals surface area contributed by atoms with Crippen LogP contribution in [-0.4, -0.2) is 22.8 Å². The molecule has 1 N–H and O–H groups in total. The Morgan fingerprint density at radius 2 is 2.08 bits per heavy atom. The van der Waals surface area contributed by atoms with Crippen molar-refractivity contribution in [3.8, 4) is 0 Å². The van der Waals surface area contributed by atoms with E-state index in [0.717, 1.165) is 25.3 Å². The summed E-state index contributed by atoms with van der Waals surface area (Å²) in [5.74, 6) is -0.301. The van der Waals surface area contributed by atoms with Crippen molar-refractivity contribution in [2.75, 3.05) is 6.61 Å². The lowest BCUT2D eigenvalue weighted by molar-refractivity contribution is -0.432. The van der Waals surface area contributed by atoms with Gasteiger partial charge in [0.25, 0.3) is 5.69 Å². The molecule has 1 aliphatic rings. The van der Waals surface area contributed by atoms with Crippen molar-refractivity contribution in [1.82, 2.24) is 0 Å². The second kappa shape index (κ2) is 9.93. The summed E-state index contributed by atoms with van der Waals surface area (Å²) < 4.78 is 9.41. The highest BCUT2D eigenvalue weighted by atomic mass is 35.5. The van der Waals surface area contributed by atoms with Crippen LogP contribution in [0.2, 0.25) is 5.02 Å². The molecular formula is C15H18ClNO7S. The third-order valence-electron chi connectivity index (χ3n) is 4.09. The van der Waals surface area contributed by atoms with Gasteiger partial charge in [-0.05, 0) is 18.4 Å². The minimum Gasteiger partial charge on any atom is -0.462 e. The number of rotatable bonds is 8. The maximum atomic E-state index is 12.2. The van der Waals surface area contributed by atoms with Crippen LogP contribution in [0.1, 0.15) is 48.9 Å². The van der Waals surface area contributed by atoms with Crippen LogP contribution < -0.4 is 0 Å². The highest BCUT2D eigenvalue weighted by Gasteiger charge is 2.27. The molecule has 0 radical (unpaired) electrons. The molecule has 0 atom stereocenters. The lowest BCUT2D eigenvalue weighted by Gasteiger charge is -2.21. The van der Waals surface area contributed by atoms with Crippen LogP contribution in [0.15, 0.2) is 17.0 Å². The predicted molar refractivity (Wildman–Crippen MR) is 90.2 cm³/mol. The summed E-state index contributed by atoms with van der Waals surface area (Å²) in [6.07, 6.45) is 6.61. The van der Waals surface area contributed by atoms with E-state index >= 15 is 0 Å². The molecule has 0 heterocycles. The van der Waals surface area contributed by atoms with E-state index in [1.165, 1.54) is 25.3 Å². The second-order valence-electron chi connectivity index (χ2n) is 5.71. The zero-order valence-corrected chi connectivity index (χ0v) is 14.9.